The van der Waals surface area contributed by atoms with Crippen LogP contribution in [0.1, 0.15) is 22.3 Å². The van der Waals surface area contributed by atoms with Crippen LogP contribution in [-0.2, 0) is 25.5 Å². The fourth-order valence-corrected chi connectivity index (χ4v) is 4.19. The number of carbonyl (C=O) groups is 3. The summed E-state index contributed by atoms with van der Waals surface area (Å²) in [7, 11) is 0. The van der Waals surface area contributed by atoms with Crippen molar-refractivity contribution < 1.29 is 68.1 Å². The molecule has 40 heavy (non-hydrogen) atoms. The lowest BCUT2D eigenvalue weighted by Crippen LogP contribution is -2.33. The predicted molar refractivity (Wildman–Crippen MR) is 121 cm³/mol. The van der Waals surface area contributed by atoms with Crippen molar-refractivity contribution in [1.82, 2.24) is 0 Å². The molecule has 0 aliphatic heterocycles. The van der Waals surface area contributed by atoms with Gasteiger partial charge in [-0.3, -0.25) is 0 Å². The molecule has 0 aliphatic carbocycles. The Morgan fingerprint density at radius 2 is 1.15 bits per heavy atom. The number of ether oxygens (including phenoxy) is 3. The minimum absolute atomic E-state index is 0.327. The second kappa shape index (κ2) is 12.4. The van der Waals surface area contributed by atoms with Crippen molar-refractivity contribution in [3.8, 4) is 11.5 Å². The van der Waals surface area contributed by atoms with E-state index in [0.717, 1.165) is 32.5 Å². The Morgan fingerprint density at radius 1 is 0.700 bits per heavy atom. The summed E-state index contributed by atoms with van der Waals surface area (Å²) in [4.78, 5) is 35.3. The summed E-state index contributed by atoms with van der Waals surface area (Å²) in [6, 6.07) is 7.92. The molecule has 1 atom stereocenters. The molecule has 0 N–H and O–H groups in total. The standard InChI is InChI=1S/C24H19F9O6S/c1-11-12(2)18(39-21(36)24(31,32)33)16(13(3)17(11)38-20(35)23(28,29)30)9-14(37-19(34)22(25,26)27)10-40-15-7-5-4-6-8-15/h4-8,14H,9-10H2,1-3H3. The van der Waals surface area contributed by atoms with Crippen LogP contribution in [0.5, 0.6) is 11.5 Å². The van der Waals surface area contributed by atoms with E-state index in [1.807, 2.05) is 0 Å². The van der Waals surface area contributed by atoms with Gasteiger partial charge in [0.15, 0.2) is 0 Å². The number of esters is 3. The summed E-state index contributed by atoms with van der Waals surface area (Å²) >= 11 is 0.889. The molecule has 2 aromatic carbocycles. The van der Waals surface area contributed by atoms with Gasteiger partial charge in [0.2, 0.25) is 0 Å². The molecule has 0 amide bonds. The topological polar surface area (TPSA) is 78.9 Å². The normalized spacial score (nSPS) is 13.0. The molecular weight excluding hydrogens is 587 g/mol. The van der Waals surface area contributed by atoms with Gasteiger partial charge in [0.25, 0.3) is 0 Å². The van der Waals surface area contributed by atoms with E-state index in [4.69, 9.17) is 0 Å². The molecule has 6 nitrogen and oxygen atoms in total. The number of alkyl halides is 9. The van der Waals surface area contributed by atoms with E-state index in [1.54, 1.807) is 30.3 Å². The van der Waals surface area contributed by atoms with Crippen LogP contribution in [0.25, 0.3) is 0 Å². The Labute approximate surface area is 224 Å². The van der Waals surface area contributed by atoms with Gasteiger partial charge in [-0.15, -0.1) is 11.8 Å². The molecule has 0 radical (unpaired) electrons. The molecule has 0 aliphatic rings. The Morgan fingerprint density at radius 3 is 1.62 bits per heavy atom. The Bertz CT molecular complexity index is 1250. The largest absolute Gasteiger partial charge is 0.491 e. The lowest BCUT2D eigenvalue weighted by molar-refractivity contribution is -0.203. The Hall–Kier alpha value is -3.43. The molecule has 0 spiro atoms. The summed E-state index contributed by atoms with van der Waals surface area (Å²) in [5, 5.41) is 0. The first-order valence-corrected chi connectivity index (χ1v) is 11.9. The van der Waals surface area contributed by atoms with E-state index >= 15 is 0 Å². The van der Waals surface area contributed by atoms with E-state index in [9.17, 15) is 53.9 Å². The predicted octanol–water partition coefficient (Wildman–Crippen LogP) is 6.36. The average molecular weight is 606 g/mol. The number of carbonyl (C=O) groups excluding carboxylic acids is 3. The van der Waals surface area contributed by atoms with Gasteiger partial charge in [0.05, 0.1) is 0 Å². The van der Waals surface area contributed by atoms with E-state index in [1.165, 1.54) is 0 Å². The van der Waals surface area contributed by atoms with Gasteiger partial charge in [0.1, 0.15) is 17.6 Å². The fraction of sp³-hybridized carbons (Fsp3) is 0.375. The van der Waals surface area contributed by atoms with Gasteiger partial charge in [-0.2, -0.15) is 39.5 Å². The van der Waals surface area contributed by atoms with Crippen molar-refractivity contribution in [1.29, 1.82) is 0 Å². The molecule has 0 saturated carbocycles. The van der Waals surface area contributed by atoms with Crippen molar-refractivity contribution >= 4 is 29.7 Å². The third-order valence-electron chi connectivity index (χ3n) is 5.28. The highest BCUT2D eigenvalue weighted by atomic mass is 32.2. The lowest BCUT2D eigenvalue weighted by atomic mass is 9.94. The van der Waals surface area contributed by atoms with Crippen LogP contribution in [0.3, 0.4) is 0 Å². The molecule has 0 fully saturated rings. The van der Waals surface area contributed by atoms with Crippen molar-refractivity contribution in [2.24, 2.45) is 0 Å². The van der Waals surface area contributed by atoms with Gasteiger partial charge in [-0.25, -0.2) is 14.4 Å². The molecule has 2 rings (SSSR count). The van der Waals surface area contributed by atoms with E-state index in [2.05, 4.69) is 14.2 Å². The van der Waals surface area contributed by atoms with Crippen LogP contribution in [0.15, 0.2) is 35.2 Å². The second-order valence-corrected chi connectivity index (χ2v) is 9.23. The first-order valence-electron chi connectivity index (χ1n) is 10.9. The summed E-state index contributed by atoms with van der Waals surface area (Å²) in [6.07, 6.45) is -19.1. The monoisotopic (exact) mass is 606 g/mol. The maximum absolute atomic E-state index is 13.0. The summed E-state index contributed by atoms with van der Waals surface area (Å²) in [6.45, 7) is 3.07. The Balaban J connectivity index is 2.65. The highest BCUT2D eigenvalue weighted by Gasteiger charge is 2.45. The average Bonchev–Trinajstić information content (AvgIpc) is 2.84. The zero-order valence-electron chi connectivity index (χ0n) is 20.6. The third kappa shape index (κ3) is 8.53. The molecule has 16 heteroatoms. The van der Waals surface area contributed by atoms with Crippen LogP contribution in [-0.4, -0.2) is 48.3 Å². The number of hydrogen-bond acceptors (Lipinski definition) is 7. The van der Waals surface area contributed by atoms with Crippen molar-refractivity contribution in [3.05, 3.63) is 52.6 Å². The molecule has 1 unspecified atom stereocenters. The minimum atomic E-state index is -5.53. The molecule has 220 valence electrons. The maximum Gasteiger partial charge on any atom is 0.491 e. The molecule has 0 heterocycles. The van der Waals surface area contributed by atoms with Gasteiger partial charge >= 0.3 is 36.4 Å². The SMILES string of the molecule is Cc1c(C)c(OC(=O)C(F)(F)F)c(CC(CSc2ccccc2)OC(=O)C(F)(F)F)c(C)c1OC(=O)C(F)(F)F. The molecule has 2 aromatic rings. The zero-order valence-corrected chi connectivity index (χ0v) is 21.5. The highest BCUT2D eigenvalue weighted by Crippen LogP contribution is 2.41. The van der Waals surface area contributed by atoms with Gasteiger partial charge in [0, 0.05) is 22.6 Å². The molecule has 0 bridgehead atoms. The summed E-state index contributed by atoms with van der Waals surface area (Å²) in [5.74, 6) is -10.1. The first-order chi connectivity index (χ1) is 18.2. The lowest BCUT2D eigenvalue weighted by Gasteiger charge is -2.25. The van der Waals surface area contributed by atoms with Gasteiger partial charge in [-0.05, 0) is 49.6 Å². The van der Waals surface area contributed by atoms with Crippen LogP contribution in [0, 0.1) is 20.8 Å². The zero-order chi connectivity index (χ0) is 30.6. The van der Waals surface area contributed by atoms with Gasteiger partial charge in [-0.1, -0.05) is 18.2 Å². The third-order valence-corrected chi connectivity index (χ3v) is 6.42. The Kier molecular flexibility index (Phi) is 10.2. The summed E-state index contributed by atoms with van der Waals surface area (Å²) in [5.41, 5.74) is -1.74. The number of hydrogen-bond donors (Lipinski definition) is 0. The van der Waals surface area contributed by atoms with E-state index in [-0.39, 0.29) is 11.1 Å². The quantitative estimate of drug-likeness (QED) is 0.150. The van der Waals surface area contributed by atoms with Crippen molar-refractivity contribution in [3.63, 3.8) is 0 Å². The van der Waals surface area contributed by atoms with Crippen LogP contribution in [0.4, 0.5) is 39.5 Å². The maximum atomic E-state index is 13.0. The first kappa shape index (κ1) is 32.8. The van der Waals surface area contributed by atoms with Crippen LogP contribution < -0.4 is 9.47 Å². The van der Waals surface area contributed by atoms with E-state index in [0.29, 0.717) is 4.90 Å². The number of benzene rings is 2. The summed E-state index contributed by atoms with van der Waals surface area (Å²) < 4.78 is 130. The highest BCUT2D eigenvalue weighted by molar-refractivity contribution is 7.99. The van der Waals surface area contributed by atoms with Gasteiger partial charge < -0.3 is 14.2 Å². The van der Waals surface area contributed by atoms with Crippen LogP contribution in [0.2, 0.25) is 0 Å². The number of halogens is 9. The van der Waals surface area contributed by atoms with Crippen molar-refractivity contribution in [2.75, 3.05) is 5.75 Å². The smallest absolute Gasteiger partial charge is 0.454 e. The number of rotatable bonds is 8. The molecular formula is C24H19F9O6S. The van der Waals surface area contributed by atoms with E-state index < -0.39 is 77.3 Å². The van der Waals surface area contributed by atoms with Crippen molar-refractivity contribution in [2.45, 2.75) is 56.7 Å². The van der Waals surface area contributed by atoms with Crippen LogP contribution >= 0.6 is 11.8 Å². The molecule has 0 saturated heterocycles. The minimum Gasteiger partial charge on any atom is -0.454 e. The molecule has 0 aromatic heterocycles. The second-order valence-electron chi connectivity index (χ2n) is 8.14. The number of thioether (sulfide) groups is 1. The fourth-order valence-electron chi connectivity index (χ4n) is 3.28.